The fraction of sp³-hybridized carbons (Fsp3) is 0.917. The Bertz CT molecular complexity index is 365. The molecule has 0 aliphatic heterocycles. The molecule has 0 fully saturated rings. The van der Waals surface area contributed by atoms with Gasteiger partial charge in [0, 0.05) is 0 Å². The number of ether oxygens (including phenoxy) is 5. The average molecular weight is 447 g/mol. The molecule has 0 amide bonds. The van der Waals surface area contributed by atoms with E-state index >= 15 is 0 Å². The predicted molar refractivity (Wildman–Crippen MR) is 121 cm³/mol. The number of carbonyl (C=O) groups is 2. The molecule has 0 aromatic rings. The van der Waals surface area contributed by atoms with Crippen molar-refractivity contribution in [3.05, 3.63) is 0 Å². The number of esters is 2. The van der Waals surface area contributed by atoms with Gasteiger partial charge < -0.3 is 23.7 Å². The number of carbonyl (C=O) groups excluding carboxylic acids is 2. The van der Waals surface area contributed by atoms with Gasteiger partial charge in [-0.05, 0) is 12.8 Å². The minimum Gasteiger partial charge on any atom is -0.464 e. The third kappa shape index (κ3) is 25.0. The second-order valence-electron chi connectivity index (χ2n) is 7.69. The van der Waals surface area contributed by atoms with Crippen LogP contribution in [0.2, 0.25) is 0 Å². The Labute approximate surface area is 189 Å². The van der Waals surface area contributed by atoms with Crippen LogP contribution in [0.15, 0.2) is 0 Å². The molecule has 0 spiro atoms. The summed E-state index contributed by atoms with van der Waals surface area (Å²) in [7, 11) is 0. The van der Waals surface area contributed by atoms with Crippen LogP contribution in [-0.2, 0) is 33.3 Å². The van der Waals surface area contributed by atoms with E-state index in [0.717, 1.165) is 25.7 Å². The van der Waals surface area contributed by atoms with E-state index in [4.69, 9.17) is 23.7 Å². The maximum Gasteiger partial charge on any atom is 0.332 e. The second-order valence-corrected chi connectivity index (χ2v) is 7.69. The maximum atomic E-state index is 11.5. The van der Waals surface area contributed by atoms with Gasteiger partial charge in [0.1, 0.15) is 13.2 Å². The molecule has 31 heavy (non-hydrogen) atoms. The van der Waals surface area contributed by atoms with Gasteiger partial charge in [-0.25, -0.2) is 9.59 Å². The van der Waals surface area contributed by atoms with Crippen molar-refractivity contribution in [3.8, 4) is 0 Å². The van der Waals surface area contributed by atoms with Crippen LogP contribution in [-0.4, -0.2) is 64.8 Å². The Morgan fingerprint density at radius 1 is 0.452 bits per heavy atom. The first-order valence-electron chi connectivity index (χ1n) is 12.2. The standard InChI is InChI=1S/C24H46O7/c1-3-5-7-9-11-13-15-30-23(25)21-28-19-17-27-18-20-29-22-24(26)31-16-14-12-10-8-6-4-2/h3-22H2,1-2H3. The predicted octanol–water partition coefficient (Wildman–Crippen LogP) is 4.84. The van der Waals surface area contributed by atoms with Crippen LogP contribution in [0.25, 0.3) is 0 Å². The van der Waals surface area contributed by atoms with Crippen molar-refractivity contribution in [2.24, 2.45) is 0 Å². The zero-order valence-corrected chi connectivity index (χ0v) is 20.0. The lowest BCUT2D eigenvalue weighted by Crippen LogP contribution is -2.18. The molecule has 7 nitrogen and oxygen atoms in total. The van der Waals surface area contributed by atoms with Crippen LogP contribution in [0.4, 0.5) is 0 Å². The first-order valence-corrected chi connectivity index (χ1v) is 12.2. The molecule has 7 heteroatoms. The number of rotatable bonds is 24. The fourth-order valence-electron chi connectivity index (χ4n) is 2.87. The summed E-state index contributed by atoms with van der Waals surface area (Å²) in [5, 5.41) is 0. The lowest BCUT2D eigenvalue weighted by atomic mass is 10.1. The Morgan fingerprint density at radius 2 is 0.806 bits per heavy atom. The monoisotopic (exact) mass is 446 g/mol. The quantitative estimate of drug-likeness (QED) is 0.155. The molecule has 184 valence electrons. The molecule has 0 aromatic carbocycles. The summed E-state index contributed by atoms with van der Waals surface area (Å²) in [6.45, 7) is 6.54. The number of unbranched alkanes of at least 4 members (excludes halogenated alkanes) is 10. The third-order valence-electron chi connectivity index (χ3n) is 4.71. The Morgan fingerprint density at radius 3 is 1.23 bits per heavy atom. The summed E-state index contributed by atoms with van der Waals surface area (Å²) >= 11 is 0. The Balaban J connectivity index is 3.24. The summed E-state index contributed by atoms with van der Waals surface area (Å²) in [5.74, 6) is -0.673. The molecule has 0 saturated heterocycles. The van der Waals surface area contributed by atoms with Crippen LogP contribution in [0, 0.1) is 0 Å². The molecular formula is C24H46O7. The van der Waals surface area contributed by atoms with E-state index < -0.39 is 0 Å². The van der Waals surface area contributed by atoms with Crippen molar-refractivity contribution in [2.45, 2.75) is 90.9 Å². The molecule has 0 radical (unpaired) electrons. The van der Waals surface area contributed by atoms with Gasteiger partial charge in [-0.1, -0.05) is 78.1 Å². The van der Waals surface area contributed by atoms with Crippen LogP contribution in [0.1, 0.15) is 90.9 Å². The topological polar surface area (TPSA) is 80.3 Å². The minimum atomic E-state index is -0.337. The third-order valence-corrected chi connectivity index (χ3v) is 4.71. The van der Waals surface area contributed by atoms with E-state index in [1.54, 1.807) is 0 Å². The van der Waals surface area contributed by atoms with Gasteiger partial charge in [0.2, 0.25) is 0 Å². The number of hydrogen-bond donors (Lipinski definition) is 0. The van der Waals surface area contributed by atoms with E-state index in [1.165, 1.54) is 51.4 Å². The van der Waals surface area contributed by atoms with Crippen LogP contribution < -0.4 is 0 Å². The zero-order valence-electron chi connectivity index (χ0n) is 20.0. The van der Waals surface area contributed by atoms with E-state index in [1.807, 2.05) is 0 Å². The van der Waals surface area contributed by atoms with Gasteiger partial charge in [-0.2, -0.15) is 0 Å². The summed E-state index contributed by atoms with van der Waals surface area (Å²) < 4.78 is 26.0. The normalized spacial score (nSPS) is 10.9. The second kappa shape index (κ2) is 25.1. The minimum absolute atomic E-state index is 0.0554. The van der Waals surface area contributed by atoms with Crippen molar-refractivity contribution in [2.75, 3.05) is 52.9 Å². The molecule has 0 bridgehead atoms. The van der Waals surface area contributed by atoms with Crippen molar-refractivity contribution >= 4 is 11.9 Å². The molecule has 0 atom stereocenters. The molecular weight excluding hydrogens is 400 g/mol. The van der Waals surface area contributed by atoms with Gasteiger partial charge in [0.15, 0.2) is 0 Å². The molecule has 0 unspecified atom stereocenters. The average Bonchev–Trinajstić information content (AvgIpc) is 2.76. The van der Waals surface area contributed by atoms with Crippen molar-refractivity contribution in [1.82, 2.24) is 0 Å². The van der Waals surface area contributed by atoms with Crippen LogP contribution >= 0.6 is 0 Å². The SMILES string of the molecule is CCCCCCCCOC(=O)COCCOCCOCC(=O)OCCCCCCCC. The highest BCUT2D eigenvalue weighted by molar-refractivity contribution is 5.70. The summed E-state index contributed by atoms with van der Waals surface area (Å²) in [5.41, 5.74) is 0. The van der Waals surface area contributed by atoms with Crippen molar-refractivity contribution in [1.29, 1.82) is 0 Å². The van der Waals surface area contributed by atoms with Gasteiger partial charge in [-0.3, -0.25) is 0 Å². The highest BCUT2D eigenvalue weighted by Gasteiger charge is 2.04. The molecule has 0 saturated carbocycles. The molecule has 0 aromatic heterocycles. The molecule has 0 aliphatic rings. The highest BCUT2D eigenvalue weighted by Crippen LogP contribution is 2.05. The summed E-state index contributed by atoms with van der Waals surface area (Å²) in [4.78, 5) is 23.0. The Kier molecular flexibility index (Phi) is 24.1. The smallest absolute Gasteiger partial charge is 0.332 e. The summed E-state index contributed by atoms with van der Waals surface area (Å²) in [6.07, 6.45) is 13.9. The molecule has 0 N–H and O–H groups in total. The van der Waals surface area contributed by atoms with E-state index in [-0.39, 0.29) is 25.2 Å². The van der Waals surface area contributed by atoms with Crippen LogP contribution in [0.5, 0.6) is 0 Å². The van der Waals surface area contributed by atoms with Gasteiger partial charge in [-0.15, -0.1) is 0 Å². The lowest BCUT2D eigenvalue weighted by Gasteiger charge is -2.08. The zero-order chi connectivity index (χ0) is 22.8. The maximum absolute atomic E-state index is 11.5. The van der Waals surface area contributed by atoms with E-state index in [0.29, 0.717) is 39.6 Å². The highest BCUT2D eigenvalue weighted by atomic mass is 16.6. The van der Waals surface area contributed by atoms with Gasteiger partial charge in [0.25, 0.3) is 0 Å². The van der Waals surface area contributed by atoms with Crippen molar-refractivity contribution < 1.29 is 33.3 Å². The van der Waals surface area contributed by atoms with E-state index in [9.17, 15) is 9.59 Å². The van der Waals surface area contributed by atoms with Gasteiger partial charge in [0.05, 0.1) is 39.6 Å². The fourth-order valence-corrected chi connectivity index (χ4v) is 2.87. The van der Waals surface area contributed by atoms with E-state index in [2.05, 4.69) is 13.8 Å². The lowest BCUT2D eigenvalue weighted by molar-refractivity contribution is -0.149. The Hall–Kier alpha value is -1.18. The molecule has 0 aliphatic carbocycles. The number of hydrogen-bond acceptors (Lipinski definition) is 7. The first-order chi connectivity index (χ1) is 15.2. The molecule has 0 heterocycles. The molecule has 0 rings (SSSR count). The van der Waals surface area contributed by atoms with Crippen LogP contribution in [0.3, 0.4) is 0 Å². The van der Waals surface area contributed by atoms with Crippen molar-refractivity contribution in [3.63, 3.8) is 0 Å². The van der Waals surface area contributed by atoms with Gasteiger partial charge >= 0.3 is 11.9 Å². The largest absolute Gasteiger partial charge is 0.464 e. The first kappa shape index (κ1) is 29.8. The summed E-state index contributed by atoms with van der Waals surface area (Å²) in [6, 6.07) is 0.